The number of fused-ring (bicyclic) bond motifs is 1. The highest BCUT2D eigenvalue weighted by molar-refractivity contribution is 7.98. The quantitative estimate of drug-likeness (QED) is 0.795. The van der Waals surface area contributed by atoms with Crippen LogP contribution in [0.2, 0.25) is 0 Å². The number of hydrogen-bond donors (Lipinski definition) is 1. The Morgan fingerprint density at radius 2 is 2.19 bits per heavy atom. The third-order valence-electron chi connectivity index (χ3n) is 2.45. The van der Waals surface area contributed by atoms with Crippen molar-refractivity contribution in [1.29, 1.82) is 0 Å². The summed E-state index contributed by atoms with van der Waals surface area (Å²) >= 11 is 1.85. The fourth-order valence-corrected chi connectivity index (χ4v) is 2.02. The average Bonchev–Trinajstić information content (AvgIpc) is 2.35. The second kappa shape index (κ2) is 6.01. The molecule has 3 nitrogen and oxygen atoms in total. The van der Waals surface area contributed by atoms with Crippen LogP contribution >= 0.6 is 11.8 Å². The van der Waals surface area contributed by atoms with Crippen molar-refractivity contribution in [3.63, 3.8) is 0 Å². The summed E-state index contributed by atoms with van der Waals surface area (Å²) in [6.45, 7) is 3.16. The van der Waals surface area contributed by atoms with E-state index in [1.807, 2.05) is 23.9 Å². The van der Waals surface area contributed by atoms with Gasteiger partial charge in [0.05, 0.1) is 0 Å². The molecule has 0 aromatic heterocycles. The Hall–Kier alpha value is -0.870. The predicted molar refractivity (Wildman–Crippen MR) is 67.5 cm³/mol. The van der Waals surface area contributed by atoms with E-state index in [0.29, 0.717) is 13.2 Å². The van der Waals surface area contributed by atoms with Crippen LogP contribution in [-0.2, 0) is 6.54 Å². The van der Waals surface area contributed by atoms with Gasteiger partial charge in [0.15, 0.2) is 11.5 Å². The van der Waals surface area contributed by atoms with Gasteiger partial charge in [0.25, 0.3) is 0 Å². The molecule has 1 aliphatic heterocycles. The third-order valence-corrected chi connectivity index (χ3v) is 3.06. The average molecular weight is 239 g/mol. The number of hydrogen-bond acceptors (Lipinski definition) is 4. The predicted octanol–water partition coefficient (Wildman–Crippen LogP) is 1.91. The first-order valence-electron chi connectivity index (χ1n) is 5.49. The molecule has 0 unspecified atom stereocenters. The molecule has 2 rings (SSSR count). The lowest BCUT2D eigenvalue weighted by molar-refractivity contribution is 0.169. The number of benzene rings is 1. The van der Waals surface area contributed by atoms with Crippen molar-refractivity contribution in [3.8, 4) is 11.5 Å². The highest BCUT2D eigenvalue weighted by atomic mass is 32.2. The summed E-state index contributed by atoms with van der Waals surface area (Å²) in [5.74, 6) is 2.91. The lowest BCUT2D eigenvalue weighted by atomic mass is 10.1. The van der Waals surface area contributed by atoms with Crippen molar-refractivity contribution in [2.24, 2.45) is 0 Å². The Morgan fingerprint density at radius 3 is 3.06 bits per heavy atom. The topological polar surface area (TPSA) is 30.5 Å². The van der Waals surface area contributed by atoms with E-state index in [9.17, 15) is 0 Å². The van der Waals surface area contributed by atoms with Gasteiger partial charge < -0.3 is 14.8 Å². The van der Waals surface area contributed by atoms with Gasteiger partial charge in [-0.15, -0.1) is 0 Å². The molecule has 1 aliphatic rings. The fourth-order valence-electron chi connectivity index (χ4n) is 1.67. The maximum absolute atomic E-state index is 5.64. The van der Waals surface area contributed by atoms with Crippen LogP contribution in [0.1, 0.15) is 5.56 Å². The van der Waals surface area contributed by atoms with E-state index in [2.05, 4.69) is 17.6 Å². The summed E-state index contributed by atoms with van der Waals surface area (Å²) in [7, 11) is 0. The zero-order valence-electron chi connectivity index (χ0n) is 9.49. The molecule has 1 heterocycles. The Labute approximate surface area is 101 Å². The second-order valence-corrected chi connectivity index (χ2v) is 4.60. The van der Waals surface area contributed by atoms with Crippen LogP contribution in [0.3, 0.4) is 0 Å². The SMILES string of the molecule is CSCCNCc1cccc2c1OCCO2. The molecule has 16 heavy (non-hydrogen) atoms. The van der Waals surface area contributed by atoms with Gasteiger partial charge in [-0.2, -0.15) is 11.8 Å². The van der Waals surface area contributed by atoms with E-state index in [1.165, 1.54) is 5.56 Å². The van der Waals surface area contributed by atoms with E-state index < -0.39 is 0 Å². The van der Waals surface area contributed by atoms with Gasteiger partial charge in [-0.25, -0.2) is 0 Å². The number of rotatable bonds is 5. The van der Waals surface area contributed by atoms with Crippen molar-refractivity contribution in [3.05, 3.63) is 23.8 Å². The third kappa shape index (κ3) is 2.83. The second-order valence-electron chi connectivity index (χ2n) is 3.61. The zero-order valence-corrected chi connectivity index (χ0v) is 10.3. The number of thioether (sulfide) groups is 1. The van der Waals surface area contributed by atoms with Crippen molar-refractivity contribution >= 4 is 11.8 Å². The van der Waals surface area contributed by atoms with Crippen LogP contribution in [0, 0.1) is 0 Å². The van der Waals surface area contributed by atoms with Crippen molar-refractivity contribution in [2.75, 3.05) is 31.8 Å². The maximum atomic E-state index is 5.64. The van der Waals surface area contributed by atoms with Crippen LogP contribution in [0.15, 0.2) is 18.2 Å². The minimum Gasteiger partial charge on any atom is -0.486 e. The molecule has 0 fully saturated rings. The Bertz CT molecular complexity index is 344. The standard InChI is InChI=1S/C12H17NO2S/c1-16-8-5-13-9-10-3-2-4-11-12(10)15-7-6-14-11/h2-4,13H,5-9H2,1H3. The van der Waals surface area contributed by atoms with Gasteiger partial charge in [-0.05, 0) is 12.3 Å². The Balaban J connectivity index is 1.97. The van der Waals surface area contributed by atoms with Crippen LogP contribution in [0.5, 0.6) is 11.5 Å². The van der Waals surface area contributed by atoms with Crippen LogP contribution in [-0.4, -0.2) is 31.8 Å². The Kier molecular flexibility index (Phi) is 4.36. The molecule has 88 valence electrons. The molecule has 0 atom stereocenters. The molecule has 0 aliphatic carbocycles. The lowest BCUT2D eigenvalue weighted by Crippen LogP contribution is -2.20. The van der Waals surface area contributed by atoms with Gasteiger partial charge in [-0.3, -0.25) is 0 Å². The highest BCUT2D eigenvalue weighted by Crippen LogP contribution is 2.33. The van der Waals surface area contributed by atoms with Gasteiger partial charge >= 0.3 is 0 Å². The maximum Gasteiger partial charge on any atom is 0.165 e. The largest absolute Gasteiger partial charge is 0.486 e. The molecular formula is C12H17NO2S. The summed E-state index contributed by atoms with van der Waals surface area (Å²) in [6, 6.07) is 6.05. The Morgan fingerprint density at radius 1 is 1.31 bits per heavy atom. The van der Waals surface area contributed by atoms with Gasteiger partial charge in [-0.1, -0.05) is 12.1 Å². The lowest BCUT2D eigenvalue weighted by Gasteiger charge is -2.21. The first-order chi connectivity index (χ1) is 7.92. The number of para-hydroxylation sites is 1. The van der Waals surface area contributed by atoms with Gasteiger partial charge in [0, 0.05) is 24.4 Å². The molecule has 0 spiro atoms. The monoisotopic (exact) mass is 239 g/mol. The van der Waals surface area contributed by atoms with Crippen molar-refractivity contribution in [1.82, 2.24) is 5.32 Å². The minimum absolute atomic E-state index is 0.648. The first-order valence-corrected chi connectivity index (χ1v) is 6.88. The van der Waals surface area contributed by atoms with Crippen LogP contribution in [0.25, 0.3) is 0 Å². The molecule has 0 saturated carbocycles. The smallest absolute Gasteiger partial charge is 0.165 e. The van der Waals surface area contributed by atoms with E-state index in [4.69, 9.17) is 9.47 Å². The first kappa shape index (κ1) is 11.6. The number of nitrogens with one attached hydrogen (secondary N) is 1. The summed E-state index contributed by atoms with van der Waals surface area (Å²) in [4.78, 5) is 0. The van der Waals surface area contributed by atoms with E-state index in [-0.39, 0.29) is 0 Å². The molecule has 1 aromatic rings. The number of ether oxygens (including phenoxy) is 2. The van der Waals surface area contributed by atoms with Crippen LogP contribution < -0.4 is 14.8 Å². The van der Waals surface area contributed by atoms with Crippen LogP contribution in [0.4, 0.5) is 0 Å². The summed E-state index contributed by atoms with van der Waals surface area (Å²) in [5, 5.41) is 3.40. The minimum atomic E-state index is 0.648. The summed E-state index contributed by atoms with van der Waals surface area (Å²) in [5.41, 5.74) is 1.18. The summed E-state index contributed by atoms with van der Waals surface area (Å²) in [6.07, 6.45) is 2.11. The fraction of sp³-hybridized carbons (Fsp3) is 0.500. The van der Waals surface area contributed by atoms with Crippen molar-refractivity contribution < 1.29 is 9.47 Å². The molecule has 0 bridgehead atoms. The van der Waals surface area contributed by atoms with Crippen molar-refractivity contribution in [2.45, 2.75) is 6.54 Å². The normalized spacial score (nSPS) is 13.8. The van der Waals surface area contributed by atoms with Gasteiger partial charge in [0.1, 0.15) is 13.2 Å². The molecular weight excluding hydrogens is 222 g/mol. The molecule has 0 amide bonds. The molecule has 4 heteroatoms. The van der Waals surface area contributed by atoms with E-state index >= 15 is 0 Å². The molecule has 0 radical (unpaired) electrons. The molecule has 1 aromatic carbocycles. The van der Waals surface area contributed by atoms with E-state index in [1.54, 1.807) is 0 Å². The zero-order chi connectivity index (χ0) is 11.2. The molecule has 0 saturated heterocycles. The highest BCUT2D eigenvalue weighted by Gasteiger charge is 2.14. The summed E-state index contributed by atoms with van der Waals surface area (Å²) < 4.78 is 11.2. The van der Waals surface area contributed by atoms with E-state index in [0.717, 1.165) is 30.3 Å². The molecule has 1 N–H and O–H groups in total. The van der Waals surface area contributed by atoms with Gasteiger partial charge in [0.2, 0.25) is 0 Å².